The lowest BCUT2D eigenvalue weighted by molar-refractivity contribution is 0.102. The van der Waals surface area contributed by atoms with E-state index in [0.29, 0.717) is 40.1 Å². The third-order valence-electron chi connectivity index (χ3n) is 7.43. The van der Waals surface area contributed by atoms with Gasteiger partial charge in [0.2, 0.25) is 17.6 Å². The van der Waals surface area contributed by atoms with E-state index < -0.39 is 5.91 Å². The highest BCUT2D eigenvalue weighted by atomic mass is 16.5. The van der Waals surface area contributed by atoms with Crippen LogP contribution in [0.1, 0.15) is 21.5 Å². The number of carbonyl (C=O) groups excluding carboxylic acids is 1. The van der Waals surface area contributed by atoms with Gasteiger partial charge >= 0.3 is 0 Å². The highest BCUT2D eigenvalue weighted by Crippen LogP contribution is 2.41. The van der Waals surface area contributed by atoms with Crippen LogP contribution >= 0.6 is 0 Å². The van der Waals surface area contributed by atoms with Crippen molar-refractivity contribution in [2.24, 2.45) is 0 Å². The van der Waals surface area contributed by atoms with E-state index in [0.717, 1.165) is 28.0 Å². The average Bonchev–Trinajstić information content (AvgIpc) is 3.09. The molecule has 0 atom stereocenters. The number of carbonyl (C=O) groups is 1. The molecule has 0 spiro atoms. The van der Waals surface area contributed by atoms with Gasteiger partial charge in [0.25, 0.3) is 5.91 Å². The van der Waals surface area contributed by atoms with Crippen LogP contribution in [0.2, 0.25) is 0 Å². The van der Waals surface area contributed by atoms with Gasteiger partial charge in [-0.3, -0.25) is 4.79 Å². The van der Waals surface area contributed by atoms with Crippen LogP contribution in [-0.2, 0) is 0 Å². The van der Waals surface area contributed by atoms with Gasteiger partial charge in [-0.25, -0.2) is 4.98 Å². The number of amides is 1. The highest BCUT2D eigenvalue weighted by Gasteiger charge is 2.21. The number of aryl methyl sites for hydroxylation is 2. The summed E-state index contributed by atoms with van der Waals surface area (Å²) in [4.78, 5) is 22.7. The van der Waals surface area contributed by atoms with E-state index in [1.807, 2.05) is 68.4 Å². The quantitative estimate of drug-likeness (QED) is 0.142. The molecule has 2 N–H and O–H groups in total. The highest BCUT2D eigenvalue weighted by molar-refractivity contribution is 6.06. The molecule has 5 aromatic rings. The van der Waals surface area contributed by atoms with E-state index in [-0.39, 0.29) is 17.4 Å². The van der Waals surface area contributed by atoms with Gasteiger partial charge in [-0.05, 0) is 60.4 Å². The Morgan fingerprint density at radius 1 is 0.681 bits per heavy atom. The molecule has 242 valence electrons. The van der Waals surface area contributed by atoms with Gasteiger partial charge in [-0.15, -0.1) is 0 Å². The second-order valence-electron chi connectivity index (χ2n) is 10.4. The molecule has 0 aliphatic heterocycles. The molecule has 0 saturated carbocycles. The number of para-hydroxylation sites is 1. The third kappa shape index (κ3) is 7.14. The first-order valence-corrected chi connectivity index (χ1v) is 14.6. The van der Waals surface area contributed by atoms with Crippen molar-refractivity contribution >= 4 is 23.2 Å². The van der Waals surface area contributed by atoms with Crippen LogP contribution in [0.3, 0.4) is 0 Å². The smallest absolute Gasteiger partial charge is 0.262 e. The zero-order chi connectivity index (χ0) is 33.5. The Hall–Kier alpha value is -5.97. The fourth-order valence-electron chi connectivity index (χ4n) is 4.95. The third-order valence-corrected chi connectivity index (χ3v) is 7.43. The monoisotopic (exact) mass is 636 g/mol. The lowest BCUT2D eigenvalue weighted by atomic mass is 10.1. The molecule has 1 amide bonds. The number of ether oxygens (including phenoxy) is 6. The molecule has 11 heteroatoms. The van der Waals surface area contributed by atoms with Gasteiger partial charge in [0.05, 0.1) is 35.5 Å². The van der Waals surface area contributed by atoms with Crippen molar-refractivity contribution in [2.45, 2.75) is 13.8 Å². The Balaban J connectivity index is 1.53. The molecule has 5 rings (SSSR count). The summed E-state index contributed by atoms with van der Waals surface area (Å²) < 4.78 is 33.7. The van der Waals surface area contributed by atoms with Crippen LogP contribution in [0.15, 0.2) is 79.0 Å². The molecule has 0 saturated heterocycles. The van der Waals surface area contributed by atoms with Crippen molar-refractivity contribution in [1.82, 2.24) is 9.97 Å². The lowest BCUT2D eigenvalue weighted by Crippen LogP contribution is -2.16. The second kappa shape index (κ2) is 14.4. The normalized spacial score (nSPS) is 10.5. The molecule has 47 heavy (non-hydrogen) atoms. The molecule has 0 fully saturated rings. The van der Waals surface area contributed by atoms with Crippen molar-refractivity contribution in [3.63, 3.8) is 0 Å². The lowest BCUT2D eigenvalue weighted by Gasteiger charge is -2.17. The maximum atomic E-state index is 13.7. The molecule has 1 aromatic heterocycles. The molecule has 0 bridgehead atoms. The van der Waals surface area contributed by atoms with E-state index in [1.54, 1.807) is 32.4 Å². The Morgan fingerprint density at radius 2 is 1.32 bits per heavy atom. The average molecular weight is 637 g/mol. The van der Waals surface area contributed by atoms with Crippen LogP contribution < -0.4 is 39.1 Å². The van der Waals surface area contributed by atoms with E-state index in [9.17, 15) is 4.79 Å². The number of rotatable bonds is 12. The Morgan fingerprint density at radius 3 is 1.91 bits per heavy atom. The van der Waals surface area contributed by atoms with E-state index in [2.05, 4.69) is 20.6 Å². The van der Waals surface area contributed by atoms with Crippen molar-refractivity contribution in [1.29, 1.82) is 0 Å². The molecule has 0 aliphatic rings. The predicted molar refractivity (Wildman–Crippen MR) is 180 cm³/mol. The second-order valence-corrected chi connectivity index (χ2v) is 10.4. The molecule has 11 nitrogen and oxygen atoms in total. The topological polar surface area (TPSA) is 122 Å². The summed E-state index contributed by atoms with van der Waals surface area (Å²) in [5, 5.41) is 6.14. The maximum Gasteiger partial charge on any atom is 0.262 e. The van der Waals surface area contributed by atoms with E-state index in [4.69, 9.17) is 28.4 Å². The Labute approximate surface area is 273 Å². The summed E-state index contributed by atoms with van der Waals surface area (Å²) in [5.41, 5.74) is 5.06. The number of hydrogen-bond acceptors (Lipinski definition) is 10. The number of anilines is 3. The summed E-state index contributed by atoms with van der Waals surface area (Å²) in [6.45, 7) is 3.85. The number of aromatic nitrogens is 2. The standard InChI is InChI=1S/C36H36N4O7/c1-21-9-8-10-22(2)32(21)39-34(41)27-20-37-36(38-25-18-30(44-5)33(46-7)31(19-25)45-6)40-35(27)47-28-16-13-24(17-29(28)43-4)23-11-14-26(42-3)15-12-23/h8-20H,1-7H3,(H,39,41)(H,37,38,40). The van der Waals surface area contributed by atoms with Gasteiger partial charge in [-0.1, -0.05) is 36.4 Å². The Kier molecular flexibility index (Phi) is 9.95. The first kappa shape index (κ1) is 32.4. The van der Waals surface area contributed by atoms with Crippen LogP contribution in [0.4, 0.5) is 17.3 Å². The van der Waals surface area contributed by atoms with Crippen LogP contribution in [-0.4, -0.2) is 51.4 Å². The SMILES string of the molecule is COc1ccc(-c2ccc(Oc3nc(Nc4cc(OC)c(OC)c(OC)c4)ncc3C(=O)Nc3c(C)cccc3C)c(OC)c2)cc1. The van der Waals surface area contributed by atoms with Crippen LogP contribution in [0.25, 0.3) is 11.1 Å². The minimum Gasteiger partial charge on any atom is -0.497 e. The van der Waals surface area contributed by atoms with Crippen molar-refractivity contribution in [2.75, 3.05) is 46.2 Å². The molecule has 0 radical (unpaired) electrons. The number of methoxy groups -OCH3 is 5. The van der Waals surface area contributed by atoms with E-state index in [1.165, 1.54) is 27.5 Å². The molecular weight excluding hydrogens is 600 g/mol. The molecule has 0 aliphatic carbocycles. The minimum atomic E-state index is -0.439. The summed E-state index contributed by atoms with van der Waals surface area (Å²) in [6, 6.07) is 22.4. The molecular formula is C36H36N4O7. The molecule has 0 unspecified atom stereocenters. The van der Waals surface area contributed by atoms with Crippen molar-refractivity contribution < 1.29 is 33.2 Å². The predicted octanol–water partition coefficient (Wildman–Crippen LogP) is 7.59. The van der Waals surface area contributed by atoms with Crippen molar-refractivity contribution in [3.05, 3.63) is 95.7 Å². The number of hydrogen-bond donors (Lipinski definition) is 2. The summed E-state index contributed by atoms with van der Waals surface area (Å²) in [7, 11) is 7.76. The zero-order valence-electron chi connectivity index (χ0n) is 27.3. The van der Waals surface area contributed by atoms with Gasteiger partial charge in [-0.2, -0.15) is 4.98 Å². The van der Waals surface area contributed by atoms with Gasteiger partial charge in [0, 0.05) is 29.7 Å². The van der Waals surface area contributed by atoms with Crippen molar-refractivity contribution in [3.8, 4) is 51.5 Å². The fourth-order valence-corrected chi connectivity index (χ4v) is 4.95. The number of benzene rings is 4. The van der Waals surface area contributed by atoms with Gasteiger partial charge in [0.1, 0.15) is 11.3 Å². The van der Waals surface area contributed by atoms with E-state index >= 15 is 0 Å². The first-order valence-electron chi connectivity index (χ1n) is 14.6. The summed E-state index contributed by atoms with van der Waals surface area (Å²) >= 11 is 0. The first-order chi connectivity index (χ1) is 22.8. The summed E-state index contributed by atoms with van der Waals surface area (Å²) in [6.07, 6.45) is 1.41. The maximum absolute atomic E-state index is 13.7. The number of nitrogens with zero attached hydrogens (tertiary/aromatic N) is 2. The minimum absolute atomic E-state index is 0.00850. The number of nitrogens with one attached hydrogen (secondary N) is 2. The zero-order valence-corrected chi connectivity index (χ0v) is 27.3. The largest absolute Gasteiger partial charge is 0.497 e. The fraction of sp³-hybridized carbons (Fsp3) is 0.194. The van der Waals surface area contributed by atoms with Crippen LogP contribution in [0, 0.1) is 13.8 Å². The Bertz CT molecular complexity index is 1850. The van der Waals surface area contributed by atoms with Gasteiger partial charge in [0.15, 0.2) is 23.0 Å². The summed E-state index contributed by atoms with van der Waals surface area (Å²) in [5.74, 6) is 2.60. The molecule has 1 heterocycles. The van der Waals surface area contributed by atoms with Gasteiger partial charge < -0.3 is 39.1 Å². The van der Waals surface area contributed by atoms with Crippen LogP contribution in [0.5, 0.6) is 40.4 Å². The molecule has 4 aromatic carbocycles.